The van der Waals surface area contributed by atoms with Crippen molar-refractivity contribution in [2.45, 2.75) is 12.2 Å². The predicted octanol–water partition coefficient (Wildman–Crippen LogP) is 5.74. The summed E-state index contributed by atoms with van der Waals surface area (Å²) >= 11 is 18.7. The first-order valence-electron chi connectivity index (χ1n) is 7.36. The highest BCUT2D eigenvalue weighted by Crippen LogP contribution is 2.19. The summed E-state index contributed by atoms with van der Waals surface area (Å²) in [4.78, 5) is 0. The molecule has 0 aromatic heterocycles. The average molecular weight is 403 g/mol. The van der Waals surface area contributed by atoms with E-state index < -0.39 is 5.82 Å². The zero-order valence-corrected chi connectivity index (χ0v) is 16.0. The topological polar surface area (TPSA) is 24.1 Å². The van der Waals surface area contributed by atoms with E-state index in [1.165, 1.54) is 17.7 Å². The standard InChI is InChI=1S/C17H17Cl2FN2S2/c18-13-4-2-12(3-5-13)11-24-9-1-8-21-17(23)22-14-6-7-16(20)15(19)10-14/h2-7,10H,1,8-9,11H2,(H2,21,22,23). The van der Waals surface area contributed by atoms with Crippen molar-refractivity contribution in [1.29, 1.82) is 0 Å². The van der Waals surface area contributed by atoms with Crippen LogP contribution < -0.4 is 10.6 Å². The van der Waals surface area contributed by atoms with E-state index in [-0.39, 0.29) is 5.02 Å². The van der Waals surface area contributed by atoms with E-state index in [4.69, 9.17) is 35.4 Å². The number of anilines is 1. The molecule has 0 spiro atoms. The van der Waals surface area contributed by atoms with Crippen molar-refractivity contribution < 1.29 is 4.39 Å². The van der Waals surface area contributed by atoms with E-state index in [1.807, 2.05) is 36.0 Å². The quantitative estimate of drug-likeness (QED) is 0.455. The molecule has 0 radical (unpaired) electrons. The third-order valence-corrected chi connectivity index (χ3v) is 5.01. The van der Waals surface area contributed by atoms with E-state index >= 15 is 0 Å². The molecule has 128 valence electrons. The molecule has 2 nitrogen and oxygen atoms in total. The Hall–Kier alpha value is -1.01. The molecule has 2 N–H and O–H groups in total. The summed E-state index contributed by atoms with van der Waals surface area (Å²) in [7, 11) is 0. The summed E-state index contributed by atoms with van der Waals surface area (Å²) < 4.78 is 13.1. The molecule has 2 rings (SSSR count). The molecule has 2 aromatic rings. The molecule has 0 aliphatic heterocycles. The summed E-state index contributed by atoms with van der Waals surface area (Å²) in [5.41, 5.74) is 1.93. The Morgan fingerprint density at radius 1 is 1.12 bits per heavy atom. The van der Waals surface area contributed by atoms with E-state index in [0.717, 1.165) is 29.5 Å². The lowest BCUT2D eigenvalue weighted by atomic mass is 10.2. The third-order valence-electron chi connectivity index (χ3n) is 3.11. The first kappa shape index (κ1) is 19.3. The maximum Gasteiger partial charge on any atom is 0.170 e. The number of halogens is 3. The molecule has 0 unspecified atom stereocenters. The van der Waals surface area contributed by atoms with Crippen LogP contribution in [0.15, 0.2) is 42.5 Å². The van der Waals surface area contributed by atoms with Crippen molar-refractivity contribution in [2.24, 2.45) is 0 Å². The van der Waals surface area contributed by atoms with Gasteiger partial charge in [-0.3, -0.25) is 0 Å². The maximum atomic E-state index is 13.1. The van der Waals surface area contributed by atoms with Crippen LogP contribution in [0.5, 0.6) is 0 Å². The van der Waals surface area contributed by atoms with Crippen molar-refractivity contribution in [3.8, 4) is 0 Å². The largest absolute Gasteiger partial charge is 0.362 e. The summed E-state index contributed by atoms with van der Waals surface area (Å²) in [6.45, 7) is 0.772. The smallest absolute Gasteiger partial charge is 0.170 e. The minimum absolute atomic E-state index is 0.0707. The van der Waals surface area contributed by atoms with Gasteiger partial charge in [-0.1, -0.05) is 35.3 Å². The molecule has 0 amide bonds. The SMILES string of the molecule is Fc1ccc(NC(=S)NCCCSCc2ccc(Cl)cc2)cc1Cl. The number of benzene rings is 2. The normalized spacial score (nSPS) is 10.5. The molecule has 0 heterocycles. The number of hydrogen-bond acceptors (Lipinski definition) is 2. The van der Waals surface area contributed by atoms with Gasteiger partial charge < -0.3 is 10.6 Å². The Morgan fingerprint density at radius 3 is 2.58 bits per heavy atom. The van der Waals surface area contributed by atoms with Gasteiger partial charge in [-0.05, 0) is 60.3 Å². The molecule has 0 saturated carbocycles. The average Bonchev–Trinajstić information content (AvgIpc) is 2.56. The summed E-state index contributed by atoms with van der Waals surface area (Å²) in [5, 5.41) is 7.44. The van der Waals surface area contributed by atoms with E-state index in [1.54, 1.807) is 6.07 Å². The second-order valence-corrected chi connectivity index (χ2v) is 7.40. The van der Waals surface area contributed by atoms with Gasteiger partial charge in [0.05, 0.1) is 5.02 Å². The van der Waals surface area contributed by atoms with E-state index in [2.05, 4.69) is 10.6 Å². The van der Waals surface area contributed by atoms with Gasteiger partial charge in [-0.25, -0.2) is 4.39 Å². The molecule has 24 heavy (non-hydrogen) atoms. The van der Waals surface area contributed by atoms with Gasteiger partial charge in [0, 0.05) is 23.0 Å². The van der Waals surface area contributed by atoms with E-state index in [9.17, 15) is 4.39 Å². The molecule has 0 fully saturated rings. The van der Waals surface area contributed by atoms with Crippen molar-refractivity contribution in [1.82, 2.24) is 5.32 Å². The third kappa shape index (κ3) is 6.85. The van der Waals surface area contributed by atoms with Crippen LogP contribution in [0.3, 0.4) is 0 Å². The van der Waals surface area contributed by atoms with Crippen molar-refractivity contribution >= 4 is 58.0 Å². The van der Waals surface area contributed by atoms with Gasteiger partial charge in [0.15, 0.2) is 5.11 Å². The molecule has 2 aromatic carbocycles. The zero-order valence-electron chi connectivity index (χ0n) is 12.8. The highest BCUT2D eigenvalue weighted by atomic mass is 35.5. The Labute approximate surface area is 161 Å². The molecular formula is C17H17Cl2FN2S2. The van der Waals surface area contributed by atoms with Gasteiger partial charge in [-0.15, -0.1) is 0 Å². The van der Waals surface area contributed by atoms with Gasteiger partial charge in [-0.2, -0.15) is 11.8 Å². The second-order valence-electron chi connectivity index (χ2n) is 5.04. The molecule has 0 bridgehead atoms. The van der Waals surface area contributed by atoms with Gasteiger partial charge in [0.25, 0.3) is 0 Å². The van der Waals surface area contributed by atoms with Crippen LogP contribution in [0.4, 0.5) is 10.1 Å². The van der Waals surface area contributed by atoms with E-state index in [0.29, 0.717) is 10.8 Å². The number of thioether (sulfide) groups is 1. The lowest BCUT2D eigenvalue weighted by Gasteiger charge is -2.11. The monoisotopic (exact) mass is 402 g/mol. The minimum atomic E-state index is -0.446. The molecular weight excluding hydrogens is 386 g/mol. The first-order valence-corrected chi connectivity index (χ1v) is 9.68. The lowest BCUT2D eigenvalue weighted by molar-refractivity contribution is 0.628. The highest BCUT2D eigenvalue weighted by Gasteiger charge is 2.02. The molecule has 0 aliphatic rings. The molecule has 0 aliphatic carbocycles. The zero-order chi connectivity index (χ0) is 17.4. The molecule has 7 heteroatoms. The fraction of sp³-hybridized carbons (Fsp3) is 0.235. The first-order chi connectivity index (χ1) is 11.5. The van der Waals surface area contributed by atoms with Gasteiger partial charge >= 0.3 is 0 Å². The number of nitrogens with one attached hydrogen (secondary N) is 2. The predicted molar refractivity (Wildman–Crippen MR) is 108 cm³/mol. The Kier molecular flexibility index (Phi) is 8.12. The lowest BCUT2D eigenvalue weighted by Crippen LogP contribution is -2.29. The Balaban J connectivity index is 1.59. The second kappa shape index (κ2) is 10.1. The number of thiocarbonyl (C=S) groups is 1. The van der Waals surface area contributed by atoms with Gasteiger partial charge in [0.1, 0.15) is 5.82 Å². The molecule has 0 saturated heterocycles. The van der Waals surface area contributed by atoms with Crippen LogP contribution in [0, 0.1) is 5.82 Å². The Bertz CT molecular complexity index is 681. The van der Waals surface area contributed by atoms with Crippen LogP contribution in [0.25, 0.3) is 0 Å². The summed E-state index contributed by atoms with van der Waals surface area (Å²) in [5.74, 6) is 1.55. The summed E-state index contributed by atoms with van der Waals surface area (Å²) in [6.07, 6.45) is 0.990. The fourth-order valence-corrected chi connectivity index (χ4v) is 3.34. The van der Waals surface area contributed by atoms with Crippen LogP contribution >= 0.6 is 47.2 Å². The van der Waals surface area contributed by atoms with Gasteiger partial charge in [0.2, 0.25) is 0 Å². The van der Waals surface area contributed by atoms with Crippen LogP contribution in [0.2, 0.25) is 10.0 Å². The fourth-order valence-electron chi connectivity index (χ4n) is 1.90. The van der Waals surface area contributed by atoms with Crippen molar-refractivity contribution in [2.75, 3.05) is 17.6 Å². The summed E-state index contributed by atoms with van der Waals surface area (Å²) in [6, 6.07) is 12.3. The van der Waals surface area contributed by atoms with Crippen LogP contribution in [-0.2, 0) is 5.75 Å². The maximum absolute atomic E-state index is 13.1. The van der Waals surface area contributed by atoms with Crippen molar-refractivity contribution in [3.63, 3.8) is 0 Å². The number of rotatable bonds is 7. The Morgan fingerprint density at radius 2 is 1.88 bits per heavy atom. The minimum Gasteiger partial charge on any atom is -0.362 e. The number of hydrogen-bond donors (Lipinski definition) is 2. The van der Waals surface area contributed by atoms with Crippen LogP contribution in [0.1, 0.15) is 12.0 Å². The van der Waals surface area contributed by atoms with Crippen molar-refractivity contribution in [3.05, 3.63) is 63.9 Å². The highest BCUT2D eigenvalue weighted by molar-refractivity contribution is 7.98. The van der Waals surface area contributed by atoms with Crippen LogP contribution in [-0.4, -0.2) is 17.4 Å². The molecule has 0 atom stereocenters.